The van der Waals surface area contributed by atoms with E-state index in [1.165, 1.54) is 0 Å². The van der Waals surface area contributed by atoms with Crippen LogP contribution < -0.4 is 11.5 Å². The highest BCUT2D eigenvalue weighted by Crippen LogP contribution is 2.13. The van der Waals surface area contributed by atoms with Crippen LogP contribution in [0.25, 0.3) is 0 Å². The van der Waals surface area contributed by atoms with Crippen LogP contribution in [-0.2, 0) is 30.2 Å². The van der Waals surface area contributed by atoms with E-state index in [4.69, 9.17) is 37.7 Å². The molecule has 0 bridgehead atoms. The molecule has 0 fully saturated rings. The van der Waals surface area contributed by atoms with Gasteiger partial charge < -0.3 is 21.7 Å². The van der Waals surface area contributed by atoms with Crippen LogP contribution in [0.4, 0.5) is 13.2 Å². The summed E-state index contributed by atoms with van der Waals surface area (Å²) in [6, 6.07) is -0.785. The third kappa shape index (κ3) is 11.1. The van der Waals surface area contributed by atoms with E-state index >= 15 is 0 Å². The van der Waals surface area contributed by atoms with E-state index in [1.807, 2.05) is 6.26 Å². The monoisotopic (exact) mass is 338 g/mol. The Kier molecular flexibility index (Phi) is 10.8. The fraction of sp³-hybridized carbons (Fsp3) is 0.778. The SMILES string of the molecule is CS(=S)[C@H](CN)CC[C@H](N)C(=O)O.O=C(O)C(F)(F)F. The number of hydrogen-bond acceptors (Lipinski definition) is 5. The van der Waals surface area contributed by atoms with Gasteiger partial charge in [0.25, 0.3) is 0 Å². The van der Waals surface area contributed by atoms with Gasteiger partial charge in [0.15, 0.2) is 0 Å². The van der Waals surface area contributed by atoms with Gasteiger partial charge in [0.2, 0.25) is 0 Å². The first kappa shape index (κ1) is 21.5. The van der Waals surface area contributed by atoms with Crippen LogP contribution in [0.15, 0.2) is 0 Å². The molecule has 0 aliphatic rings. The summed E-state index contributed by atoms with van der Waals surface area (Å²) in [7, 11) is -0.173. The lowest BCUT2D eigenvalue weighted by Crippen LogP contribution is -2.33. The van der Waals surface area contributed by atoms with Crippen LogP contribution in [0, 0.1) is 0 Å². The molecule has 0 saturated carbocycles. The fourth-order valence-corrected chi connectivity index (χ4v) is 2.17. The lowest BCUT2D eigenvalue weighted by Gasteiger charge is -2.15. The predicted molar refractivity (Wildman–Crippen MR) is 72.0 cm³/mol. The largest absolute Gasteiger partial charge is 0.490 e. The molecule has 0 saturated heterocycles. The standard InChI is InChI=1S/C7H16N2O2S2.C2HF3O2/c1-13(12)5(4-8)2-3-6(9)7(10)11;3-2(4,5)1(6)7/h5-6H,2-4,8-9H2,1H3,(H,10,11);(H,6,7)/t5-,6-,13?;/m0./s1. The van der Waals surface area contributed by atoms with Crippen molar-refractivity contribution in [2.75, 3.05) is 12.8 Å². The summed E-state index contributed by atoms with van der Waals surface area (Å²) in [5, 5.41) is 15.9. The highest BCUT2D eigenvalue weighted by Gasteiger charge is 2.38. The molecule has 0 heterocycles. The highest BCUT2D eigenvalue weighted by molar-refractivity contribution is 8.28. The molecule has 0 aromatic rings. The molecule has 1 unspecified atom stereocenters. The third-order valence-electron chi connectivity index (χ3n) is 2.09. The number of carboxylic acids is 2. The van der Waals surface area contributed by atoms with Gasteiger partial charge >= 0.3 is 18.1 Å². The minimum absolute atomic E-state index is 0.173. The summed E-state index contributed by atoms with van der Waals surface area (Å²) in [5.41, 5.74) is 10.8. The second-order valence-corrected chi connectivity index (χ2v) is 6.92. The first-order chi connectivity index (χ1) is 8.93. The Bertz CT molecular complexity index is 353. The Morgan fingerprint density at radius 2 is 1.70 bits per heavy atom. The van der Waals surface area contributed by atoms with Gasteiger partial charge in [-0.2, -0.15) is 13.2 Å². The molecule has 0 aromatic carbocycles. The van der Waals surface area contributed by atoms with E-state index in [2.05, 4.69) is 0 Å². The summed E-state index contributed by atoms with van der Waals surface area (Å²) in [5.74, 6) is -3.72. The minimum Gasteiger partial charge on any atom is -0.480 e. The van der Waals surface area contributed by atoms with Crippen LogP contribution in [-0.4, -0.2) is 52.4 Å². The van der Waals surface area contributed by atoms with Crippen LogP contribution in [0.3, 0.4) is 0 Å². The number of carboxylic acid groups (broad SMARTS) is 2. The summed E-state index contributed by atoms with van der Waals surface area (Å²) in [6.45, 7) is 0.509. The Morgan fingerprint density at radius 3 is 1.90 bits per heavy atom. The maximum absolute atomic E-state index is 10.6. The van der Waals surface area contributed by atoms with Gasteiger partial charge in [-0.1, -0.05) is 11.2 Å². The molecule has 20 heavy (non-hydrogen) atoms. The predicted octanol–water partition coefficient (Wildman–Crippen LogP) is -0.151. The van der Waals surface area contributed by atoms with E-state index in [0.717, 1.165) is 0 Å². The van der Waals surface area contributed by atoms with Crippen molar-refractivity contribution in [3.05, 3.63) is 0 Å². The molecule has 120 valence electrons. The summed E-state index contributed by atoms with van der Waals surface area (Å²) in [4.78, 5) is 19.3. The van der Waals surface area contributed by atoms with E-state index in [-0.39, 0.29) is 14.7 Å². The third-order valence-corrected chi connectivity index (χ3v) is 4.28. The number of aliphatic carboxylic acids is 2. The van der Waals surface area contributed by atoms with Gasteiger partial charge in [-0.15, -0.1) is 9.45 Å². The quantitative estimate of drug-likeness (QED) is 0.530. The van der Waals surface area contributed by atoms with Crippen molar-refractivity contribution in [1.29, 1.82) is 0 Å². The van der Waals surface area contributed by atoms with Crippen LogP contribution in [0.1, 0.15) is 12.8 Å². The van der Waals surface area contributed by atoms with E-state index < -0.39 is 24.2 Å². The van der Waals surface area contributed by atoms with Gasteiger partial charge in [-0.3, -0.25) is 4.79 Å². The molecular weight excluding hydrogens is 321 g/mol. The van der Waals surface area contributed by atoms with Crippen molar-refractivity contribution in [1.82, 2.24) is 0 Å². The maximum Gasteiger partial charge on any atom is 0.490 e. The molecule has 6 N–H and O–H groups in total. The fourth-order valence-electron chi connectivity index (χ4n) is 0.908. The molecule has 0 aliphatic heterocycles. The van der Waals surface area contributed by atoms with Gasteiger partial charge in [0.1, 0.15) is 6.04 Å². The van der Waals surface area contributed by atoms with Gasteiger partial charge in [-0.05, 0) is 19.1 Å². The minimum atomic E-state index is -5.08. The highest BCUT2D eigenvalue weighted by atomic mass is 32.8. The molecule has 0 radical (unpaired) electrons. The van der Waals surface area contributed by atoms with Crippen molar-refractivity contribution in [3.8, 4) is 0 Å². The summed E-state index contributed by atoms with van der Waals surface area (Å²) < 4.78 is 31.7. The lowest BCUT2D eigenvalue weighted by molar-refractivity contribution is -0.192. The Hall–Kier alpha value is -0.780. The molecule has 3 atom stereocenters. The number of nitrogens with two attached hydrogens (primary N) is 2. The average molecular weight is 338 g/mol. The van der Waals surface area contributed by atoms with E-state index in [0.29, 0.717) is 19.4 Å². The zero-order valence-electron chi connectivity index (χ0n) is 10.6. The van der Waals surface area contributed by atoms with Crippen LogP contribution in [0.5, 0.6) is 0 Å². The number of hydrogen-bond donors (Lipinski definition) is 4. The van der Waals surface area contributed by atoms with Gasteiger partial charge in [0, 0.05) is 11.8 Å². The number of carbonyl (C=O) groups is 2. The molecule has 0 aromatic heterocycles. The molecular formula is C9H17F3N2O4S2. The molecule has 0 rings (SSSR count). The van der Waals surface area contributed by atoms with Crippen molar-refractivity contribution in [2.45, 2.75) is 30.3 Å². The number of halogens is 3. The zero-order chi connectivity index (χ0) is 16.5. The first-order valence-electron chi connectivity index (χ1n) is 5.24. The van der Waals surface area contributed by atoms with Crippen LogP contribution in [0.2, 0.25) is 0 Å². The summed E-state index contributed by atoms with van der Waals surface area (Å²) >= 11 is 5.08. The number of rotatable bonds is 6. The second-order valence-electron chi connectivity index (χ2n) is 3.68. The Balaban J connectivity index is 0. The molecule has 0 amide bonds. The normalized spacial score (nSPS) is 15.5. The Labute approximate surface area is 120 Å². The molecule has 6 nitrogen and oxygen atoms in total. The zero-order valence-corrected chi connectivity index (χ0v) is 12.2. The van der Waals surface area contributed by atoms with Gasteiger partial charge in [0.05, 0.1) is 0 Å². The van der Waals surface area contributed by atoms with Crippen LogP contribution >= 0.6 is 0 Å². The molecule has 11 heteroatoms. The lowest BCUT2D eigenvalue weighted by atomic mass is 10.1. The van der Waals surface area contributed by atoms with Crippen molar-refractivity contribution in [2.24, 2.45) is 11.5 Å². The number of alkyl halides is 3. The summed E-state index contributed by atoms with van der Waals surface area (Å²) in [6.07, 6.45) is -2.00. The first-order valence-corrected chi connectivity index (χ1v) is 7.86. The van der Waals surface area contributed by atoms with Crippen molar-refractivity contribution in [3.63, 3.8) is 0 Å². The van der Waals surface area contributed by atoms with E-state index in [9.17, 15) is 18.0 Å². The molecule has 0 spiro atoms. The van der Waals surface area contributed by atoms with Crippen molar-refractivity contribution >= 4 is 32.6 Å². The second kappa shape index (κ2) is 10.0. The molecule has 0 aliphatic carbocycles. The average Bonchev–Trinajstić information content (AvgIpc) is 2.28. The maximum atomic E-state index is 10.6. The topological polar surface area (TPSA) is 127 Å². The Morgan fingerprint density at radius 1 is 1.30 bits per heavy atom. The van der Waals surface area contributed by atoms with Crippen molar-refractivity contribution < 1.29 is 33.0 Å². The van der Waals surface area contributed by atoms with Gasteiger partial charge in [-0.25, -0.2) is 4.79 Å². The van der Waals surface area contributed by atoms with E-state index in [1.54, 1.807) is 0 Å². The smallest absolute Gasteiger partial charge is 0.480 e.